The first-order chi connectivity index (χ1) is 9.74. The van der Waals surface area contributed by atoms with E-state index >= 15 is 0 Å². The highest BCUT2D eigenvalue weighted by atomic mass is 79.9. The second kappa shape index (κ2) is 6.07. The zero-order valence-corrected chi connectivity index (χ0v) is 13.9. The standard InChI is InChI=1S/C17H24BrNO/c1-3-19-15(17-12-5-4-6-13(12)17)10-11-7-8-16(20-2)14(18)9-11/h7-9,12-13,15,17,19H,3-6,10H2,1-2H3. The van der Waals surface area contributed by atoms with Crippen LogP contribution in [0.15, 0.2) is 22.7 Å². The van der Waals surface area contributed by atoms with Crippen molar-refractivity contribution in [3.05, 3.63) is 28.2 Å². The monoisotopic (exact) mass is 337 g/mol. The Bertz CT molecular complexity index is 466. The lowest BCUT2D eigenvalue weighted by Gasteiger charge is -2.20. The van der Waals surface area contributed by atoms with Crippen molar-refractivity contribution < 1.29 is 4.74 Å². The van der Waals surface area contributed by atoms with Gasteiger partial charge in [0.05, 0.1) is 11.6 Å². The van der Waals surface area contributed by atoms with Gasteiger partial charge in [-0.2, -0.15) is 0 Å². The number of rotatable bonds is 6. The van der Waals surface area contributed by atoms with Crippen LogP contribution < -0.4 is 10.1 Å². The molecule has 1 N–H and O–H groups in total. The molecule has 110 valence electrons. The van der Waals surface area contributed by atoms with E-state index in [1.54, 1.807) is 7.11 Å². The van der Waals surface area contributed by atoms with Crippen LogP contribution >= 0.6 is 15.9 Å². The molecule has 3 rings (SSSR count). The van der Waals surface area contributed by atoms with E-state index in [-0.39, 0.29) is 0 Å². The van der Waals surface area contributed by atoms with Crippen LogP contribution in [0.2, 0.25) is 0 Å². The van der Waals surface area contributed by atoms with Gasteiger partial charge in [-0.1, -0.05) is 19.4 Å². The van der Waals surface area contributed by atoms with Crippen LogP contribution in [0.3, 0.4) is 0 Å². The van der Waals surface area contributed by atoms with Crippen molar-refractivity contribution in [1.82, 2.24) is 5.32 Å². The average molecular weight is 338 g/mol. The Morgan fingerprint density at radius 3 is 2.70 bits per heavy atom. The zero-order chi connectivity index (χ0) is 14.1. The van der Waals surface area contributed by atoms with E-state index in [2.05, 4.69) is 46.4 Å². The van der Waals surface area contributed by atoms with Crippen LogP contribution in [0.5, 0.6) is 5.75 Å². The number of nitrogens with one attached hydrogen (secondary N) is 1. The first kappa shape index (κ1) is 14.4. The maximum absolute atomic E-state index is 5.31. The summed E-state index contributed by atoms with van der Waals surface area (Å²) in [6, 6.07) is 7.12. The summed E-state index contributed by atoms with van der Waals surface area (Å²) in [5, 5.41) is 3.72. The summed E-state index contributed by atoms with van der Waals surface area (Å²) in [6.07, 6.45) is 5.51. The van der Waals surface area contributed by atoms with Crippen LogP contribution in [0.1, 0.15) is 31.7 Å². The van der Waals surface area contributed by atoms with Crippen molar-refractivity contribution in [3.63, 3.8) is 0 Å². The highest BCUT2D eigenvalue weighted by molar-refractivity contribution is 9.10. The zero-order valence-electron chi connectivity index (χ0n) is 12.4. The Morgan fingerprint density at radius 2 is 2.10 bits per heavy atom. The van der Waals surface area contributed by atoms with Crippen LogP contribution in [-0.2, 0) is 6.42 Å². The fourth-order valence-electron chi connectivity index (χ4n) is 4.17. The molecule has 3 unspecified atom stereocenters. The minimum absolute atomic E-state index is 0.649. The maximum atomic E-state index is 5.31. The topological polar surface area (TPSA) is 21.3 Å². The number of methoxy groups -OCH3 is 1. The van der Waals surface area contributed by atoms with E-state index in [0.717, 1.165) is 40.9 Å². The smallest absolute Gasteiger partial charge is 0.133 e. The Kier molecular flexibility index (Phi) is 4.37. The van der Waals surface area contributed by atoms with E-state index < -0.39 is 0 Å². The minimum Gasteiger partial charge on any atom is -0.496 e. The number of benzene rings is 1. The Morgan fingerprint density at radius 1 is 1.35 bits per heavy atom. The molecule has 0 aliphatic heterocycles. The lowest BCUT2D eigenvalue weighted by molar-refractivity contribution is 0.406. The average Bonchev–Trinajstić information content (AvgIpc) is 2.91. The summed E-state index contributed by atoms with van der Waals surface area (Å²) in [6.45, 7) is 3.28. The molecule has 0 spiro atoms. The molecule has 0 amide bonds. The van der Waals surface area contributed by atoms with Gasteiger partial charge in [-0.05, 0) is 77.2 Å². The lowest BCUT2D eigenvalue weighted by Crippen LogP contribution is -2.34. The highest BCUT2D eigenvalue weighted by Crippen LogP contribution is 2.59. The third-order valence-corrected chi connectivity index (χ3v) is 5.70. The van der Waals surface area contributed by atoms with Gasteiger partial charge in [-0.25, -0.2) is 0 Å². The molecule has 0 radical (unpaired) electrons. The predicted molar refractivity (Wildman–Crippen MR) is 86.2 cm³/mol. The molecular weight excluding hydrogens is 314 g/mol. The normalized spacial score (nSPS) is 29.1. The summed E-state index contributed by atoms with van der Waals surface area (Å²) < 4.78 is 6.37. The fraction of sp³-hybridized carbons (Fsp3) is 0.647. The Hall–Kier alpha value is -0.540. The van der Waals surface area contributed by atoms with Gasteiger partial charge in [0, 0.05) is 6.04 Å². The third kappa shape index (κ3) is 2.75. The van der Waals surface area contributed by atoms with E-state index in [1.165, 1.54) is 24.8 Å². The van der Waals surface area contributed by atoms with Gasteiger partial charge in [0.2, 0.25) is 0 Å². The second-order valence-electron chi connectivity index (χ2n) is 6.17. The van der Waals surface area contributed by atoms with Crippen molar-refractivity contribution in [2.24, 2.45) is 17.8 Å². The molecule has 0 saturated heterocycles. The van der Waals surface area contributed by atoms with Crippen LogP contribution in [0.25, 0.3) is 0 Å². The number of fused-ring (bicyclic) bond motifs is 1. The number of hydrogen-bond acceptors (Lipinski definition) is 2. The largest absolute Gasteiger partial charge is 0.496 e. The predicted octanol–water partition coefficient (Wildman–Crippen LogP) is 4.02. The molecule has 20 heavy (non-hydrogen) atoms. The van der Waals surface area contributed by atoms with Crippen molar-refractivity contribution in [3.8, 4) is 5.75 Å². The summed E-state index contributed by atoms with van der Waals surface area (Å²) in [7, 11) is 1.71. The molecule has 2 aliphatic carbocycles. The fourth-order valence-corrected chi connectivity index (χ4v) is 4.76. The lowest BCUT2D eigenvalue weighted by atomic mass is 9.97. The highest BCUT2D eigenvalue weighted by Gasteiger charge is 2.55. The Labute approximate surface area is 130 Å². The summed E-state index contributed by atoms with van der Waals surface area (Å²) in [5.41, 5.74) is 1.40. The van der Waals surface area contributed by atoms with E-state index in [9.17, 15) is 0 Å². The summed E-state index contributed by atoms with van der Waals surface area (Å²) in [5.74, 6) is 3.86. The molecule has 2 nitrogen and oxygen atoms in total. The molecule has 0 heterocycles. The van der Waals surface area contributed by atoms with Crippen LogP contribution in [-0.4, -0.2) is 19.7 Å². The third-order valence-electron chi connectivity index (χ3n) is 5.08. The summed E-state index contributed by atoms with van der Waals surface area (Å²) >= 11 is 3.59. The van der Waals surface area contributed by atoms with E-state index in [1.807, 2.05) is 0 Å². The van der Waals surface area contributed by atoms with Crippen molar-refractivity contribution >= 4 is 15.9 Å². The number of likely N-dealkylation sites (N-methyl/N-ethyl adjacent to an activating group) is 1. The van der Waals surface area contributed by atoms with Crippen molar-refractivity contribution in [2.75, 3.05) is 13.7 Å². The van der Waals surface area contributed by atoms with Gasteiger partial charge in [-0.15, -0.1) is 0 Å². The SMILES string of the molecule is CCNC(Cc1ccc(OC)c(Br)c1)C1C2CCCC21. The van der Waals surface area contributed by atoms with E-state index in [4.69, 9.17) is 4.74 Å². The van der Waals surface area contributed by atoms with Crippen molar-refractivity contribution in [2.45, 2.75) is 38.6 Å². The molecule has 0 bridgehead atoms. The Balaban J connectivity index is 1.68. The first-order valence-corrected chi connectivity index (χ1v) is 8.59. The molecule has 2 saturated carbocycles. The van der Waals surface area contributed by atoms with Gasteiger partial charge < -0.3 is 10.1 Å². The number of hydrogen-bond donors (Lipinski definition) is 1. The van der Waals surface area contributed by atoms with Crippen molar-refractivity contribution in [1.29, 1.82) is 0 Å². The molecule has 3 atom stereocenters. The second-order valence-corrected chi connectivity index (χ2v) is 7.03. The first-order valence-electron chi connectivity index (χ1n) is 7.80. The van der Waals surface area contributed by atoms with Gasteiger partial charge in [-0.3, -0.25) is 0 Å². The molecular formula is C17H24BrNO. The minimum atomic E-state index is 0.649. The molecule has 1 aromatic carbocycles. The van der Waals surface area contributed by atoms with Crippen LogP contribution in [0, 0.1) is 17.8 Å². The molecule has 3 heteroatoms. The maximum Gasteiger partial charge on any atom is 0.133 e. The van der Waals surface area contributed by atoms with Gasteiger partial charge in [0.25, 0.3) is 0 Å². The summed E-state index contributed by atoms with van der Waals surface area (Å²) in [4.78, 5) is 0. The van der Waals surface area contributed by atoms with Gasteiger partial charge >= 0.3 is 0 Å². The van der Waals surface area contributed by atoms with Gasteiger partial charge in [0.15, 0.2) is 0 Å². The number of ether oxygens (including phenoxy) is 1. The molecule has 2 fully saturated rings. The van der Waals surface area contributed by atoms with Crippen LogP contribution in [0.4, 0.5) is 0 Å². The van der Waals surface area contributed by atoms with E-state index in [0.29, 0.717) is 6.04 Å². The molecule has 0 aromatic heterocycles. The molecule has 1 aromatic rings. The quantitative estimate of drug-likeness (QED) is 0.846. The number of halogens is 1. The van der Waals surface area contributed by atoms with Gasteiger partial charge in [0.1, 0.15) is 5.75 Å². The molecule has 2 aliphatic rings.